The monoisotopic (exact) mass is 570 g/mol. The largest absolute Gasteiger partial charge is 0.506 e. The predicted octanol–water partition coefficient (Wildman–Crippen LogP) is 6.61. The van der Waals surface area contributed by atoms with Gasteiger partial charge in [0.15, 0.2) is 23.1 Å². The normalized spacial score (nSPS) is 12.7. The smallest absolute Gasteiger partial charge is 0.261 e. The molecule has 5 aromatic rings. The van der Waals surface area contributed by atoms with Crippen molar-refractivity contribution in [2.45, 2.75) is 18.8 Å². The van der Waals surface area contributed by atoms with Gasteiger partial charge in [0.1, 0.15) is 22.6 Å². The fraction of sp³-hybridized carbons (Fsp3) is 0.161. The average Bonchev–Trinajstić information content (AvgIpc) is 3.84. The minimum absolute atomic E-state index is 0.0989. The van der Waals surface area contributed by atoms with Crippen molar-refractivity contribution in [3.8, 4) is 40.0 Å². The van der Waals surface area contributed by atoms with Gasteiger partial charge in [0.25, 0.3) is 11.8 Å². The van der Waals surface area contributed by atoms with Crippen molar-refractivity contribution >= 4 is 22.6 Å². The Morgan fingerprint density at radius 1 is 0.952 bits per heavy atom. The molecular weight excluding hydrogens is 546 g/mol. The molecule has 9 nitrogen and oxygen atoms in total. The summed E-state index contributed by atoms with van der Waals surface area (Å²) in [6, 6.07) is 12.7. The summed E-state index contributed by atoms with van der Waals surface area (Å²) in [5.41, 5.74) is 2.39. The predicted molar refractivity (Wildman–Crippen MR) is 150 cm³/mol. The van der Waals surface area contributed by atoms with Crippen LogP contribution in [0.4, 0.5) is 14.5 Å². The first-order valence-electron chi connectivity index (χ1n) is 13.0. The van der Waals surface area contributed by atoms with Crippen molar-refractivity contribution < 1.29 is 32.9 Å². The molecule has 0 spiro atoms. The van der Waals surface area contributed by atoms with Gasteiger partial charge in [-0.2, -0.15) is 0 Å². The molecule has 42 heavy (non-hydrogen) atoms. The Morgan fingerprint density at radius 3 is 2.43 bits per heavy atom. The molecule has 0 radical (unpaired) electrons. The van der Waals surface area contributed by atoms with E-state index in [1.54, 1.807) is 6.07 Å². The van der Waals surface area contributed by atoms with Crippen molar-refractivity contribution in [2.75, 3.05) is 19.5 Å². The highest BCUT2D eigenvalue weighted by Gasteiger charge is 2.31. The minimum atomic E-state index is -0.753. The van der Waals surface area contributed by atoms with Crippen molar-refractivity contribution in [1.29, 1.82) is 0 Å². The molecule has 11 heteroatoms. The van der Waals surface area contributed by atoms with Gasteiger partial charge in [0.2, 0.25) is 0 Å². The molecule has 0 atom stereocenters. The minimum Gasteiger partial charge on any atom is -0.506 e. The number of aromatic hydroxyl groups is 1. The number of carbonyl (C=O) groups is 1. The summed E-state index contributed by atoms with van der Waals surface area (Å²) >= 11 is 0. The fourth-order valence-electron chi connectivity index (χ4n) is 4.61. The van der Waals surface area contributed by atoms with Crippen molar-refractivity contribution in [3.05, 3.63) is 89.9 Å². The molecule has 1 amide bonds. The van der Waals surface area contributed by atoms with Crippen LogP contribution in [0.25, 0.3) is 22.2 Å². The van der Waals surface area contributed by atoms with E-state index < -0.39 is 17.5 Å². The van der Waals surface area contributed by atoms with E-state index in [0.29, 0.717) is 33.6 Å². The standard InChI is InChI=1S/C31H24F2N4O5/c1-40-25-14-22-28(37-31(25)41-2)24(11-12-34-22)42-23-10-9-19(13-21(23)33)36-30(39)20-15-35-27(17-3-4-17)26(29(20)38)16-5-7-18(32)8-6-16/h5-15,17H,3-4H2,1-2H3,(H,35,38)(H,36,39). The summed E-state index contributed by atoms with van der Waals surface area (Å²) in [7, 11) is 2.92. The van der Waals surface area contributed by atoms with Crippen LogP contribution >= 0.6 is 0 Å². The second kappa shape index (κ2) is 10.9. The van der Waals surface area contributed by atoms with E-state index in [1.165, 1.54) is 69.1 Å². The molecule has 0 unspecified atom stereocenters. The summed E-state index contributed by atoms with van der Waals surface area (Å²) in [5, 5.41) is 13.7. The summed E-state index contributed by atoms with van der Waals surface area (Å²) < 4.78 is 45.0. The summed E-state index contributed by atoms with van der Waals surface area (Å²) in [4.78, 5) is 26.2. The first-order valence-corrected chi connectivity index (χ1v) is 13.0. The number of halogens is 2. The van der Waals surface area contributed by atoms with Gasteiger partial charge < -0.3 is 24.6 Å². The lowest BCUT2D eigenvalue weighted by atomic mass is 9.98. The lowest BCUT2D eigenvalue weighted by Crippen LogP contribution is -2.14. The summed E-state index contributed by atoms with van der Waals surface area (Å²) in [6.45, 7) is 0. The quantitative estimate of drug-likeness (QED) is 0.214. The number of ether oxygens (including phenoxy) is 3. The number of fused-ring (bicyclic) bond motifs is 1. The Labute approximate surface area is 238 Å². The Kier molecular flexibility index (Phi) is 6.99. The molecule has 0 aliphatic heterocycles. The number of anilines is 1. The van der Waals surface area contributed by atoms with E-state index in [1.807, 2.05) is 0 Å². The SMILES string of the molecule is COc1cc2nccc(Oc3ccc(NC(=O)c4cnc(C5CC5)c(-c5ccc(F)cc5)c4O)cc3F)c2nc1OC. The van der Waals surface area contributed by atoms with Crippen molar-refractivity contribution in [2.24, 2.45) is 0 Å². The van der Waals surface area contributed by atoms with Crippen LogP contribution < -0.4 is 19.5 Å². The number of nitrogens with one attached hydrogen (secondary N) is 1. The second-order valence-corrected chi connectivity index (χ2v) is 9.64. The van der Waals surface area contributed by atoms with Gasteiger partial charge >= 0.3 is 0 Å². The van der Waals surface area contributed by atoms with Gasteiger partial charge in [-0.05, 0) is 42.7 Å². The lowest BCUT2D eigenvalue weighted by molar-refractivity contribution is 0.102. The molecule has 1 fully saturated rings. The molecule has 1 aliphatic rings. The van der Waals surface area contributed by atoms with Crippen LogP contribution in [-0.4, -0.2) is 40.2 Å². The van der Waals surface area contributed by atoms with Gasteiger partial charge in [-0.15, -0.1) is 0 Å². The zero-order chi connectivity index (χ0) is 29.4. The van der Waals surface area contributed by atoms with Gasteiger partial charge in [0.05, 0.1) is 25.4 Å². The molecule has 0 bridgehead atoms. The Balaban J connectivity index is 1.26. The number of hydrogen-bond acceptors (Lipinski definition) is 8. The Morgan fingerprint density at radius 2 is 1.74 bits per heavy atom. The third-order valence-corrected chi connectivity index (χ3v) is 6.85. The third-order valence-electron chi connectivity index (χ3n) is 6.85. The molecule has 2 aromatic carbocycles. The topological polar surface area (TPSA) is 116 Å². The van der Waals surface area contributed by atoms with Crippen LogP contribution in [-0.2, 0) is 0 Å². The molecular formula is C31H24F2N4O5. The van der Waals surface area contributed by atoms with Crippen LogP contribution in [0.3, 0.4) is 0 Å². The molecule has 3 heterocycles. The van der Waals surface area contributed by atoms with Gasteiger partial charge in [-0.1, -0.05) is 12.1 Å². The fourth-order valence-corrected chi connectivity index (χ4v) is 4.61. The highest BCUT2D eigenvalue weighted by atomic mass is 19.1. The van der Waals surface area contributed by atoms with Crippen LogP contribution in [0.15, 0.2) is 67.0 Å². The van der Waals surface area contributed by atoms with E-state index in [9.17, 15) is 14.3 Å². The number of amides is 1. The van der Waals surface area contributed by atoms with Crippen molar-refractivity contribution in [3.63, 3.8) is 0 Å². The average molecular weight is 571 g/mol. The zero-order valence-corrected chi connectivity index (χ0v) is 22.5. The van der Waals surface area contributed by atoms with Crippen LogP contribution in [0.1, 0.15) is 34.8 Å². The molecule has 0 saturated heterocycles. The number of benzene rings is 2. The van der Waals surface area contributed by atoms with Crippen LogP contribution in [0, 0.1) is 11.6 Å². The number of pyridine rings is 3. The van der Waals surface area contributed by atoms with E-state index in [-0.39, 0.29) is 40.3 Å². The second-order valence-electron chi connectivity index (χ2n) is 9.64. The maximum absolute atomic E-state index is 15.1. The van der Waals surface area contributed by atoms with Crippen LogP contribution in [0.2, 0.25) is 0 Å². The number of aromatic nitrogens is 3. The number of nitrogens with zero attached hydrogens (tertiary/aromatic N) is 3. The third kappa shape index (κ3) is 5.12. The number of hydrogen-bond donors (Lipinski definition) is 2. The van der Waals surface area contributed by atoms with Crippen LogP contribution in [0.5, 0.6) is 28.9 Å². The first kappa shape index (κ1) is 26.9. The summed E-state index contributed by atoms with van der Waals surface area (Å²) in [6.07, 6.45) is 4.61. The number of carbonyl (C=O) groups excluding carboxylic acids is 1. The van der Waals surface area contributed by atoms with E-state index in [2.05, 4.69) is 20.3 Å². The van der Waals surface area contributed by atoms with E-state index in [0.717, 1.165) is 18.9 Å². The van der Waals surface area contributed by atoms with Gasteiger partial charge in [0, 0.05) is 47.8 Å². The molecule has 6 rings (SSSR count). The molecule has 212 valence electrons. The first-order chi connectivity index (χ1) is 20.4. The maximum Gasteiger partial charge on any atom is 0.261 e. The zero-order valence-electron chi connectivity index (χ0n) is 22.5. The number of rotatable bonds is 8. The van der Waals surface area contributed by atoms with Crippen molar-refractivity contribution in [1.82, 2.24) is 15.0 Å². The van der Waals surface area contributed by atoms with Gasteiger partial charge in [-0.25, -0.2) is 13.8 Å². The van der Waals surface area contributed by atoms with Gasteiger partial charge in [-0.3, -0.25) is 14.8 Å². The maximum atomic E-state index is 15.1. The summed E-state index contributed by atoms with van der Waals surface area (Å²) in [5.74, 6) is -1.27. The molecule has 3 aromatic heterocycles. The Bertz CT molecular complexity index is 1830. The molecule has 2 N–H and O–H groups in total. The van der Waals surface area contributed by atoms with E-state index >= 15 is 4.39 Å². The van der Waals surface area contributed by atoms with E-state index in [4.69, 9.17) is 14.2 Å². The highest BCUT2D eigenvalue weighted by Crippen LogP contribution is 2.47. The number of methoxy groups -OCH3 is 2. The molecule has 1 aliphatic carbocycles. The highest BCUT2D eigenvalue weighted by molar-refractivity contribution is 6.07. The molecule has 1 saturated carbocycles. The lowest BCUT2D eigenvalue weighted by Gasteiger charge is -2.15. The Hall–Kier alpha value is -5.32.